The van der Waals surface area contributed by atoms with Gasteiger partial charge in [-0.15, -0.1) is 0 Å². The molecule has 150 valence electrons. The molecule has 7 nitrogen and oxygen atoms in total. The quantitative estimate of drug-likeness (QED) is 0.428. The molecule has 0 aliphatic carbocycles. The molecule has 0 aliphatic rings. The third-order valence-electron chi connectivity index (χ3n) is 5.27. The zero-order valence-corrected chi connectivity index (χ0v) is 17.6. The molecule has 0 atom stereocenters. The van der Waals surface area contributed by atoms with Gasteiger partial charge in [-0.25, -0.2) is 9.97 Å². The van der Waals surface area contributed by atoms with Crippen molar-refractivity contribution < 1.29 is 0 Å². The number of anilines is 2. The van der Waals surface area contributed by atoms with Crippen LogP contribution in [0.2, 0.25) is 5.02 Å². The topological polar surface area (TPSA) is 76.3 Å². The molecule has 0 amide bonds. The van der Waals surface area contributed by atoms with Crippen LogP contribution < -0.4 is 5.32 Å². The van der Waals surface area contributed by atoms with Gasteiger partial charge < -0.3 is 14.9 Å². The SMILES string of the molecule is Cc1ncc(-c2ccc(Nc3cc4[nH]c(-c5cnn(C)c5)cc4cn3)c(Cl)c2)n1C. The Morgan fingerprint density at radius 2 is 1.87 bits per heavy atom. The van der Waals surface area contributed by atoms with E-state index in [0.29, 0.717) is 10.8 Å². The second-order valence-corrected chi connectivity index (χ2v) is 7.72. The fourth-order valence-electron chi connectivity index (χ4n) is 3.49. The number of hydrogen-bond donors (Lipinski definition) is 2. The smallest absolute Gasteiger partial charge is 0.132 e. The predicted octanol–water partition coefficient (Wildman–Crippen LogP) is 5.07. The molecule has 30 heavy (non-hydrogen) atoms. The summed E-state index contributed by atoms with van der Waals surface area (Å²) in [5.41, 5.74) is 5.87. The molecule has 0 spiro atoms. The summed E-state index contributed by atoms with van der Waals surface area (Å²) in [5.74, 6) is 1.67. The number of nitrogens with one attached hydrogen (secondary N) is 2. The lowest BCUT2D eigenvalue weighted by Crippen LogP contribution is -1.96. The van der Waals surface area contributed by atoms with Crippen molar-refractivity contribution in [2.75, 3.05) is 5.32 Å². The maximum absolute atomic E-state index is 6.56. The van der Waals surface area contributed by atoms with Gasteiger partial charge in [-0.3, -0.25) is 4.68 Å². The summed E-state index contributed by atoms with van der Waals surface area (Å²) in [7, 11) is 3.90. The molecule has 2 N–H and O–H groups in total. The minimum Gasteiger partial charge on any atom is -0.354 e. The van der Waals surface area contributed by atoms with E-state index in [-0.39, 0.29) is 0 Å². The van der Waals surface area contributed by atoms with Crippen LogP contribution in [0.25, 0.3) is 33.4 Å². The average Bonchev–Trinajstić information content (AvgIpc) is 3.43. The van der Waals surface area contributed by atoms with Gasteiger partial charge in [0.2, 0.25) is 0 Å². The molecule has 0 saturated carbocycles. The number of nitrogens with zero attached hydrogens (tertiary/aromatic N) is 5. The average molecular weight is 418 g/mol. The van der Waals surface area contributed by atoms with Crippen molar-refractivity contribution in [3.05, 3.63) is 66.0 Å². The number of imidazole rings is 1. The summed E-state index contributed by atoms with van der Waals surface area (Å²) in [6.07, 6.45) is 7.51. The number of rotatable bonds is 4. The highest BCUT2D eigenvalue weighted by Gasteiger charge is 2.10. The zero-order valence-electron chi connectivity index (χ0n) is 16.8. The number of aromatic amines is 1. The molecule has 0 fully saturated rings. The molecule has 0 saturated heterocycles. The van der Waals surface area contributed by atoms with Crippen molar-refractivity contribution in [1.29, 1.82) is 0 Å². The molecular weight excluding hydrogens is 398 g/mol. The van der Waals surface area contributed by atoms with Crippen LogP contribution >= 0.6 is 11.6 Å². The second-order valence-electron chi connectivity index (χ2n) is 7.31. The Hall–Kier alpha value is -3.58. The van der Waals surface area contributed by atoms with Crippen LogP contribution in [0.3, 0.4) is 0 Å². The molecule has 4 aromatic heterocycles. The fourth-order valence-corrected chi connectivity index (χ4v) is 3.72. The number of hydrogen-bond acceptors (Lipinski definition) is 4. The molecular formula is C22H20ClN7. The van der Waals surface area contributed by atoms with Gasteiger partial charge in [0.1, 0.15) is 11.6 Å². The van der Waals surface area contributed by atoms with Crippen LogP contribution in [0.5, 0.6) is 0 Å². The predicted molar refractivity (Wildman–Crippen MR) is 120 cm³/mol. The molecule has 4 heterocycles. The van der Waals surface area contributed by atoms with Crippen molar-refractivity contribution >= 4 is 34.0 Å². The van der Waals surface area contributed by atoms with Crippen molar-refractivity contribution in [2.45, 2.75) is 6.92 Å². The van der Waals surface area contributed by atoms with Gasteiger partial charge in [-0.2, -0.15) is 5.10 Å². The van der Waals surface area contributed by atoms with Crippen LogP contribution in [0.15, 0.2) is 55.1 Å². The highest BCUT2D eigenvalue weighted by Crippen LogP contribution is 2.31. The first-order chi connectivity index (χ1) is 14.5. The summed E-state index contributed by atoms with van der Waals surface area (Å²) in [6.45, 7) is 1.98. The van der Waals surface area contributed by atoms with Gasteiger partial charge in [-0.05, 0) is 25.1 Å². The van der Waals surface area contributed by atoms with Gasteiger partial charge in [0.15, 0.2) is 0 Å². The minimum atomic E-state index is 0.621. The Morgan fingerprint density at radius 1 is 1.00 bits per heavy atom. The second kappa shape index (κ2) is 7.03. The third kappa shape index (κ3) is 3.23. The van der Waals surface area contributed by atoms with E-state index < -0.39 is 0 Å². The maximum atomic E-state index is 6.56. The number of pyridine rings is 1. The molecule has 8 heteroatoms. The van der Waals surface area contributed by atoms with E-state index in [1.807, 2.05) is 74.6 Å². The Morgan fingerprint density at radius 3 is 2.57 bits per heavy atom. The third-order valence-corrected chi connectivity index (χ3v) is 5.58. The summed E-state index contributed by atoms with van der Waals surface area (Å²) in [5, 5.41) is 9.20. The highest BCUT2D eigenvalue weighted by molar-refractivity contribution is 6.33. The van der Waals surface area contributed by atoms with Gasteiger partial charge in [0.05, 0.1) is 34.3 Å². The Balaban J connectivity index is 1.43. The molecule has 5 rings (SSSR count). The van der Waals surface area contributed by atoms with E-state index in [9.17, 15) is 0 Å². The lowest BCUT2D eigenvalue weighted by molar-refractivity contribution is 0.768. The summed E-state index contributed by atoms with van der Waals surface area (Å²) < 4.78 is 3.82. The lowest BCUT2D eigenvalue weighted by Gasteiger charge is -2.10. The van der Waals surface area contributed by atoms with E-state index in [1.165, 1.54) is 0 Å². The summed E-state index contributed by atoms with van der Waals surface area (Å²) in [6, 6.07) is 9.97. The summed E-state index contributed by atoms with van der Waals surface area (Å²) >= 11 is 6.56. The van der Waals surface area contributed by atoms with Crippen LogP contribution in [-0.4, -0.2) is 29.3 Å². The maximum Gasteiger partial charge on any atom is 0.132 e. The molecule has 0 aliphatic heterocycles. The largest absolute Gasteiger partial charge is 0.354 e. The monoisotopic (exact) mass is 417 g/mol. The molecule has 1 aromatic carbocycles. The Kier molecular flexibility index (Phi) is 4.33. The zero-order chi connectivity index (χ0) is 20.8. The van der Waals surface area contributed by atoms with Crippen molar-refractivity contribution in [3.63, 3.8) is 0 Å². The summed E-state index contributed by atoms with van der Waals surface area (Å²) in [4.78, 5) is 12.3. The normalized spacial score (nSPS) is 11.3. The van der Waals surface area contributed by atoms with E-state index in [0.717, 1.165) is 44.9 Å². The molecule has 5 aromatic rings. The van der Waals surface area contributed by atoms with Crippen LogP contribution in [0, 0.1) is 6.92 Å². The van der Waals surface area contributed by atoms with Crippen molar-refractivity contribution in [1.82, 2.24) is 29.3 Å². The number of halogens is 1. The van der Waals surface area contributed by atoms with E-state index in [1.54, 1.807) is 4.68 Å². The van der Waals surface area contributed by atoms with Crippen LogP contribution in [-0.2, 0) is 14.1 Å². The number of aromatic nitrogens is 6. The highest BCUT2D eigenvalue weighted by atomic mass is 35.5. The standard InChI is InChI=1S/C22H20ClN7/c1-13-24-11-21(30(13)3)14-4-5-18(17(23)6-14)28-22-8-20-15(9-25-22)7-19(27-20)16-10-26-29(2)12-16/h4-12,27H,1-3H3,(H,25,28). The first-order valence-corrected chi connectivity index (χ1v) is 9.89. The van der Waals surface area contributed by atoms with Crippen LogP contribution in [0.1, 0.15) is 5.82 Å². The van der Waals surface area contributed by atoms with Gasteiger partial charge in [-0.1, -0.05) is 17.7 Å². The van der Waals surface area contributed by atoms with Crippen molar-refractivity contribution in [3.8, 4) is 22.5 Å². The van der Waals surface area contributed by atoms with Crippen LogP contribution in [0.4, 0.5) is 11.5 Å². The molecule has 0 bridgehead atoms. The first kappa shape index (κ1) is 18.4. The van der Waals surface area contributed by atoms with Gasteiger partial charge in [0, 0.05) is 54.8 Å². The number of aryl methyl sites for hydroxylation is 2. The van der Waals surface area contributed by atoms with Gasteiger partial charge in [0.25, 0.3) is 0 Å². The van der Waals surface area contributed by atoms with E-state index >= 15 is 0 Å². The molecule has 0 radical (unpaired) electrons. The number of fused-ring (bicyclic) bond motifs is 1. The van der Waals surface area contributed by atoms with Crippen molar-refractivity contribution in [2.24, 2.45) is 14.1 Å². The Bertz CT molecular complexity index is 1380. The fraction of sp³-hybridized carbons (Fsp3) is 0.136. The molecule has 0 unspecified atom stereocenters. The Labute approximate surface area is 178 Å². The number of benzene rings is 1. The van der Waals surface area contributed by atoms with E-state index in [2.05, 4.69) is 31.4 Å². The number of H-pyrrole nitrogens is 1. The minimum absolute atomic E-state index is 0.621. The first-order valence-electron chi connectivity index (χ1n) is 9.51. The lowest BCUT2D eigenvalue weighted by atomic mass is 10.1. The van der Waals surface area contributed by atoms with E-state index in [4.69, 9.17) is 11.6 Å². The van der Waals surface area contributed by atoms with Gasteiger partial charge >= 0.3 is 0 Å².